The van der Waals surface area contributed by atoms with Crippen molar-refractivity contribution in [3.63, 3.8) is 0 Å². The van der Waals surface area contributed by atoms with Crippen molar-refractivity contribution in [2.24, 2.45) is 0 Å². The largest absolute Gasteiger partial charge is 0.508 e. The lowest BCUT2D eigenvalue weighted by Gasteiger charge is -2.12. The molecule has 4 rings (SSSR count). The van der Waals surface area contributed by atoms with Crippen LogP contribution in [0.5, 0.6) is 5.75 Å². The fourth-order valence-electron chi connectivity index (χ4n) is 2.84. The molecule has 0 aliphatic rings. The lowest BCUT2D eigenvalue weighted by Crippen LogP contribution is -2.25. The van der Waals surface area contributed by atoms with E-state index >= 15 is 0 Å². The molecule has 1 N–H and O–H groups in total. The predicted molar refractivity (Wildman–Crippen MR) is 115 cm³/mol. The second-order valence-electron chi connectivity index (χ2n) is 6.43. The Morgan fingerprint density at radius 3 is 2.67 bits per heavy atom. The zero-order chi connectivity index (χ0) is 20.9. The molecule has 3 aromatic heterocycles. The number of benzene rings is 1. The molecule has 0 saturated heterocycles. The van der Waals surface area contributed by atoms with Crippen molar-refractivity contribution in [1.29, 1.82) is 0 Å². The van der Waals surface area contributed by atoms with E-state index in [-0.39, 0.29) is 40.4 Å². The summed E-state index contributed by atoms with van der Waals surface area (Å²) in [6.07, 6.45) is 5.44. The highest BCUT2D eigenvalue weighted by atomic mass is 32.2. The van der Waals surface area contributed by atoms with E-state index in [2.05, 4.69) is 19.9 Å². The monoisotopic (exact) mass is 439 g/mol. The van der Waals surface area contributed by atoms with E-state index in [1.165, 1.54) is 40.1 Å². The van der Waals surface area contributed by atoms with Gasteiger partial charge in [-0.25, -0.2) is 19.9 Å². The van der Waals surface area contributed by atoms with Crippen molar-refractivity contribution >= 4 is 40.0 Å². The van der Waals surface area contributed by atoms with Crippen molar-refractivity contribution in [2.45, 2.75) is 24.5 Å². The molecule has 10 heteroatoms. The molecular formula is C20H17N5O3S2. The van der Waals surface area contributed by atoms with Gasteiger partial charge in [-0.05, 0) is 24.1 Å². The predicted octanol–water partition coefficient (Wildman–Crippen LogP) is 2.50. The third-order valence-corrected chi connectivity index (χ3v) is 6.13. The normalized spacial score (nSPS) is 11.1. The quantitative estimate of drug-likeness (QED) is 0.329. The maximum Gasteiger partial charge on any atom is 0.282 e. The smallest absolute Gasteiger partial charge is 0.282 e. The molecule has 0 radical (unpaired) electrons. The number of carbonyl (C=O) groups excluding carboxylic acids is 1. The second kappa shape index (κ2) is 9.14. The van der Waals surface area contributed by atoms with Gasteiger partial charge in [0.1, 0.15) is 11.5 Å². The number of phenols is 1. The van der Waals surface area contributed by atoms with Crippen molar-refractivity contribution in [3.8, 4) is 5.75 Å². The molecule has 0 atom stereocenters. The molecule has 4 aromatic rings. The van der Waals surface area contributed by atoms with Gasteiger partial charge in [0, 0.05) is 30.5 Å². The summed E-state index contributed by atoms with van der Waals surface area (Å²) in [6, 6.07) is 6.82. The van der Waals surface area contributed by atoms with Crippen molar-refractivity contribution in [1.82, 2.24) is 24.5 Å². The van der Waals surface area contributed by atoms with E-state index < -0.39 is 0 Å². The van der Waals surface area contributed by atoms with E-state index in [4.69, 9.17) is 0 Å². The Hall–Kier alpha value is -3.11. The lowest BCUT2D eigenvalue weighted by molar-refractivity contribution is -0.116. The molecule has 152 valence electrons. The minimum atomic E-state index is -0.290. The first kappa shape index (κ1) is 20.2. The van der Waals surface area contributed by atoms with Gasteiger partial charge < -0.3 is 5.11 Å². The first-order chi connectivity index (χ1) is 14.6. The summed E-state index contributed by atoms with van der Waals surface area (Å²) in [5.74, 6) is 0.374. The van der Waals surface area contributed by atoms with Gasteiger partial charge in [0.2, 0.25) is 0 Å². The van der Waals surface area contributed by atoms with Crippen LogP contribution < -0.4 is 5.56 Å². The number of aryl methyl sites for hydroxylation is 1. The van der Waals surface area contributed by atoms with Crippen LogP contribution in [0.2, 0.25) is 0 Å². The zero-order valence-corrected chi connectivity index (χ0v) is 17.4. The van der Waals surface area contributed by atoms with Gasteiger partial charge in [-0.15, -0.1) is 11.3 Å². The van der Waals surface area contributed by atoms with Gasteiger partial charge in [0.05, 0.1) is 17.2 Å². The first-order valence-electron chi connectivity index (χ1n) is 9.12. The average molecular weight is 440 g/mol. The third-order valence-electron chi connectivity index (χ3n) is 4.31. The minimum Gasteiger partial charge on any atom is -0.508 e. The number of thioether (sulfide) groups is 1. The minimum absolute atomic E-state index is 0.00789. The van der Waals surface area contributed by atoms with Crippen LogP contribution in [0, 0.1) is 0 Å². The zero-order valence-electron chi connectivity index (χ0n) is 15.8. The molecule has 0 bridgehead atoms. The standard InChI is InChI=1S/C20H17N5O3S2/c26-14-3-1-13(2-4-14)5-9-25-19(28)17-18(23-7-6-22-17)24-20(25)30-12-15(27)11-16-21-8-10-29-16/h1-4,6-8,10,26H,5,9,11-12H2. The Morgan fingerprint density at radius 2 is 1.90 bits per heavy atom. The third kappa shape index (κ3) is 4.71. The number of carbonyl (C=O) groups is 1. The van der Waals surface area contributed by atoms with Gasteiger partial charge in [-0.3, -0.25) is 14.2 Å². The highest BCUT2D eigenvalue weighted by Gasteiger charge is 2.15. The molecule has 0 fully saturated rings. The second-order valence-corrected chi connectivity index (χ2v) is 8.35. The maximum absolute atomic E-state index is 13.0. The van der Waals surface area contributed by atoms with Crippen LogP contribution in [0.25, 0.3) is 11.2 Å². The van der Waals surface area contributed by atoms with Crippen LogP contribution in [0.4, 0.5) is 0 Å². The Kier molecular flexibility index (Phi) is 6.15. The molecule has 0 aliphatic heterocycles. The van der Waals surface area contributed by atoms with E-state index in [9.17, 15) is 14.7 Å². The number of ketones is 1. The van der Waals surface area contributed by atoms with Crippen LogP contribution in [0.15, 0.2) is 58.2 Å². The molecule has 8 nitrogen and oxygen atoms in total. The summed E-state index contributed by atoms with van der Waals surface area (Å²) < 4.78 is 1.53. The number of hydrogen-bond donors (Lipinski definition) is 1. The van der Waals surface area contributed by atoms with Gasteiger partial charge in [-0.2, -0.15) is 0 Å². The highest BCUT2D eigenvalue weighted by molar-refractivity contribution is 7.99. The van der Waals surface area contributed by atoms with E-state index in [0.29, 0.717) is 18.1 Å². The highest BCUT2D eigenvalue weighted by Crippen LogP contribution is 2.18. The molecule has 30 heavy (non-hydrogen) atoms. The Balaban J connectivity index is 1.57. The van der Waals surface area contributed by atoms with Crippen LogP contribution in [0.1, 0.15) is 10.6 Å². The van der Waals surface area contributed by atoms with Crippen LogP contribution in [-0.2, 0) is 24.2 Å². The fourth-order valence-corrected chi connectivity index (χ4v) is 4.36. The van der Waals surface area contributed by atoms with Crippen LogP contribution in [-0.4, -0.2) is 41.1 Å². The molecule has 3 heterocycles. The fraction of sp³-hybridized carbons (Fsp3) is 0.200. The maximum atomic E-state index is 13.0. The summed E-state index contributed by atoms with van der Waals surface area (Å²) in [7, 11) is 0. The topological polar surface area (TPSA) is 111 Å². The van der Waals surface area contributed by atoms with Gasteiger partial charge in [-0.1, -0.05) is 23.9 Å². The number of Topliss-reactive ketones (excluding diaryl/α,β-unsaturated/α-hetero) is 1. The Morgan fingerprint density at radius 1 is 1.10 bits per heavy atom. The Bertz CT molecular complexity index is 1220. The molecule has 0 saturated carbocycles. The molecule has 1 aromatic carbocycles. The molecular weight excluding hydrogens is 422 g/mol. The number of fused-ring (bicyclic) bond motifs is 1. The van der Waals surface area contributed by atoms with E-state index in [1.54, 1.807) is 30.5 Å². The summed E-state index contributed by atoms with van der Waals surface area (Å²) >= 11 is 2.65. The number of rotatable bonds is 8. The number of hydrogen-bond acceptors (Lipinski definition) is 9. The lowest BCUT2D eigenvalue weighted by atomic mass is 10.1. The Labute approximate surface area is 179 Å². The number of nitrogens with zero attached hydrogens (tertiary/aromatic N) is 5. The summed E-state index contributed by atoms with van der Waals surface area (Å²) in [4.78, 5) is 42.2. The van der Waals surface area contributed by atoms with Gasteiger partial charge >= 0.3 is 0 Å². The molecule has 0 unspecified atom stereocenters. The molecule has 0 spiro atoms. The van der Waals surface area contributed by atoms with E-state index in [0.717, 1.165) is 10.6 Å². The van der Waals surface area contributed by atoms with Crippen molar-refractivity contribution < 1.29 is 9.90 Å². The summed E-state index contributed by atoms with van der Waals surface area (Å²) in [5.41, 5.74) is 1.14. The van der Waals surface area contributed by atoms with Crippen LogP contribution >= 0.6 is 23.1 Å². The number of aromatic nitrogens is 5. The molecule has 0 amide bonds. The van der Waals surface area contributed by atoms with Crippen LogP contribution in [0.3, 0.4) is 0 Å². The van der Waals surface area contributed by atoms with Crippen molar-refractivity contribution in [3.05, 3.63) is 69.2 Å². The number of thiazole rings is 1. The number of phenolic OH excluding ortho intramolecular Hbond substituents is 1. The SMILES string of the molecule is O=C(CSc1nc2nccnc2c(=O)n1CCc1ccc(O)cc1)Cc1nccs1. The number of aromatic hydroxyl groups is 1. The molecule has 0 aliphatic carbocycles. The van der Waals surface area contributed by atoms with Crippen molar-refractivity contribution in [2.75, 3.05) is 5.75 Å². The summed E-state index contributed by atoms with van der Waals surface area (Å²) in [6.45, 7) is 0.367. The van der Waals surface area contributed by atoms with Gasteiger partial charge in [0.25, 0.3) is 5.56 Å². The summed E-state index contributed by atoms with van der Waals surface area (Å²) in [5, 5.41) is 12.5. The van der Waals surface area contributed by atoms with E-state index in [1.807, 2.05) is 5.38 Å². The first-order valence-corrected chi connectivity index (χ1v) is 11.0. The van der Waals surface area contributed by atoms with Gasteiger partial charge in [0.15, 0.2) is 16.3 Å². The average Bonchev–Trinajstić information content (AvgIpc) is 3.26.